The smallest absolute Gasteiger partial charge is 0.325 e. The highest BCUT2D eigenvalue weighted by molar-refractivity contribution is 6.42. The van der Waals surface area contributed by atoms with Gasteiger partial charge in [0.15, 0.2) is 0 Å². The van der Waals surface area contributed by atoms with E-state index in [9.17, 15) is 9.59 Å². The molecule has 0 saturated heterocycles. The molecule has 20 heavy (non-hydrogen) atoms. The molecular weight excluding hydrogens is 305 g/mol. The Morgan fingerprint density at radius 3 is 2.75 bits per heavy atom. The predicted molar refractivity (Wildman–Crippen MR) is 76.4 cm³/mol. The molecule has 0 fully saturated rings. The van der Waals surface area contributed by atoms with Crippen LogP contribution in [0.1, 0.15) is 19.8 Å². The van der Waals surface area contributed by atoms with Gasteiger partial charge in [-0.05, 0) is 25.5 Å². The van der Waals surface area contributed by atoms with Crippen molar-refractivity contribution in [2.75, 3.05) is 6.61 Å². The number of nitrogens with one attached hydrogen (secondary N) is 1. The zero-order valence-corrected chi connectivity index (χ0v) is 12.4. The Balaban J connectivity index is 2.30. The number of benzene rings is 1. The second kappa shape index (κ2) is 7.97. The molecule has 0 aliphatic rings. The summed E-state index contributed by atoms with van der Waals surface area (Å²) in [7, 11) is 0. The third kappa shape index (κ3) is 5.27. The maximum atomic E-state index is 11.4. The lowest BCUT2D eigenvalue weighted by atomic mass is 10.2. The quantitative estimate of drug-likeness (QED) is 0.758. The number of rotatable bonds is 7. The molecule has 0 saturated carbocycles. The molecule has 0 aliphatic carbocycles. The molecule has 7 heteroatoms. The number of hydrogen-bond donors (Lipinski definition) is 2. The Morgan fingerprint density at radius 1 is 1.40 bits per heavy atom. The van der Waals surface area contributed by atoms with Gasteiger partial charge in [0.25, 0.3) is 0 Å². The Kier molecular flexibility index (Phi) is 6.61. The molecule has 2 N–H and O–H groups in total. The van der Waals surface area contributed by atoms with E-state index in [2.05, 4.69) is 5.32 Å². The number of carboxylic acid groups (broad SMARTS) is 1. The van der Waals surface area contributed by atoms with E-state index in [0.29, 0.717) is 22.2 Å². The molecule has 1 aromatic rings. The maximum absolute atomic E-state index is 11.4. The summed E-state index contributed by atoms with van der Waals surface area (Å²) in [6.45, 7) is 1.69. The van der Waals surface area contributed by atoms with Gasteiger partial charge in [-0.15, -0.1) is 0 Å². The first-order valence-electron chi connectivity index (χ1n) is 6.00. The zero-order valence-electron chi connectivity index (χ0n) is 10.9. The third-order valence-corrected chi connectivity index (χ3v) is 3.27. The first kappa shape index (κ1) is 16.6. The second-order valence-electron chi connectivity index (χ2n) is 4.13. The van der Waals surface area contributed by atoms with Crippen LogP contribution >= 0.6 is 23.2 Å². The van der Waals surface area contributed by atoms with E-state index in [1.807, 2.05) is 0 Å². The van der Waals surface area contributed by atoms with E-state index >= 15 is 0 Å². The van der Waals surface area contributed by atoms with Crippen molar-refractivity contribution in [2.45, 2.75) is 25.8 Å². The summed E-state index contributed by atoms with van der Waals surface area (Å²) >= 11 is 11.8. The molecular formula is C13H15Cl2NO4. The molecule has 1 atom stereocenters. The van der Waals surface area contributed by atoms with Crippen LogP contribution in [0.25, 0.3) is 0 Å². The van der Waals surface area contributed by atoms with Crippen LogP contribution in [0.5, 0.6) is 5.75 Å². The molecule has 5 nitrogen and oxygen atoms in total. The molecule has 1 amide bonds. The van der Waals surface area contributed by atoms with Gasteiger partial charge < -0.3 is 15.2 Å². The molecule has 1 aromatic carbocycles. The van der Waals surface area contributed by atoms with Gasteiger partial charge in [0, 0.05) is 6.42 Å². The Hall–Kier alpha value is -1.46. The number of aliphatic carboxylic acids is 1. The summed E-state index contributed by atoms with van der Waals surface area (Å²) in [5.74, 6) is -0.945. The normalized spacial score (nSPS) is 11.8. The molecule has 1 rings (SSSR count). The minimum Gasteiger partial charge on any atom is -0.492 e. The van der Waals surface area contributed by atoms with E-state index in [-0.39, 0.29) is 18.9 Å². The molecule has 0 heterocycles. The van der Waals surface area contributed by atoms with Crippen LogP contribution in [0.3, 0.4) is 0 Å². The average Bonchev–Trinajstić information content (AvgIpc) is 2.39. The number of hydrogen-bond acceptors (Lipinski definition) is 3. The van der Waals surface area contributed by atoms with Gasteiger partial charge in [0.1, 0.15) is 16.8 Å². The van der Waals surface area contributed by atoms with Gasteiger partial charge in [0.2, 0.25) is 5.91 Å². The van der Waals surface area contributed by atoms with Crippen molar-refractivity contribution >= 4 is 35.1 Å². The van der Waals surface area contributed by atoms with Crippen LogP contribution in [0, 0.1) is 0 Å². The first-order valence-corrected chi connectivity index (χ1v) is 6.76. The number of carbonyl (C=O) groups is 2. The summed E-state index contributed by atoms with van der Waals surface area (Å²) < 4.78 is 5.41. The van der Waals surface area contributed by atoms with Crippen molar-refractivity contribution in [2.24, 2.45) is 0 Å². The van der Waals surface area contributed by atoms with Crippen molar-refractivity contribution in [3.8, 4) is 5.75 Å². The highest BCUT2D eigenvalue weighted by Crippen LogP contribution is 2.31. The number of amides is 1. The summed E-state index contributed by atoms with van der Waals surface area (Å²) in [6.07, 6.45) is 0.622. The van der Waals surface area contributed by atoms with Crippen molar-refractivity contribution in [3.63, 3.8) is 0 Å². The summed E-state index contributed by atoms with van der Waals surface area (Å²) in [4.78, 5) is 22.0. The molecule has 0 aliphatic heterocycles. The van der Waals surface area contributed by atoms with Crippen LogP contribution in [0.2, 0.25) is 10.0 Å². The molecule has 0 bridgehead atoms. The molecule has 0 spiro atoms. The SMILES string of the molecule is C[C@H](NC(=O)CCCOc1cccc(Cl)c1Cl)C(=O)O. The van der Waals surface area contributed by atoms with E-state index in [1.54, 1.807) is 18.2 Å². The van der Waals surface area contributed by atoms with E-state index in [0.717, 1.165) is 0 Å². The fourth-order valence-electron chi connectivity index (χ4n) is 1.39. The summed E-state index contributed by atoms with van der Waals surface area (Å²) in [6, 6.07) is 4.15. The summed E-state index contributed by atoms with van der Waals surface area (Å²) in [5, 5.41) is 11.7. The Bertz CT molecular complexity index is 493. The van der Waals surface area contributed by atoms with Crippen LogP contribution in [-0.2, 0) is 9.59 Å². The predicted octanol–water partition coefficient (Wildman–Crippen LogP) is 2.74. The molecule has 0 unspecified atom stereocenters. The van der Waals surface area contributed by atoms with Crippen LogP contribution in [-0.4, -0.2) is 29.6 Å². The Morgan fingerprint density at radius 2 is 2.10 bits per heavy atom. The highest BCUT2D eigenvalue weighted by Gasteiger charge is 2.13. The van der Waals surface area contributed by atoms with Gasteiger partial charge in [-0.1, -0.05) is 29.3 Å². The molecule has 0 radical (unpaired) electrons. The Labute approximate surface area is 126 Å². The van der Waals surface area contributed by atoms with Gasteiger partial charge in [-0.25, -0.2) is 0 Å². The van der Waals surface area contributed by atoms with Gasteiger partial charge in [-0.2, -0.15) is 0 Å². The fourth-order valence-corrected chi connectivity index (χ4v) is 1.73. The lowest BCUT2D eigenvalue weighted by Crippen LogP contribution is -2.38. The fraction of sp³-hybridized carbons (Fsp3) is 0.385. The van der Waals surface area contributed by atoms with Crippen molar-refractivity contribution in [1.29, 1.82) is 0 Å². The van der Waals surface area contributed by atoms with Crippen LogP contribution in [0.15, 0.2) is 18.2 Å². The van der Waals surface area contributed by atoms with Gasteiger partial charge >= 0.3 is 5.97 Å². The maximum Gasteiger partial charge on any atom is 0.325 e. The third-order valence-electron chi connectivity index (χ3n) is 2.47. The lowest BCUT2D eigenvalue weighted by molar-refractivity contribution is -0.141. The summed E-state index contributed by atoms with van der Waals surface area (Å²) in [5.41, 5.74) is 0. The standard InChI is InChI=1S/C13H15Cl2NO4/c1-8(13(18)19)16-11(17)6-3-7-20-10-5-2-4-9(14)12(10)15/h2,4-5,8H,3,6-7H2,1H3,(H,16,17)(H,18,19)/t8-/m0/s1. The molecule has 110 valence electrons. The lowest BCUT2D eigenvalue weighted by Gasteiger charge is -2.10. The van der Waals surface area contributed by atoms with Crippen LogP contribution < -0.4 is 10.1 Å². The number of carboxylic acids is 1. The number of carbonyl (C=O) groups excluding carboxylic acids is 1. The highest BCUT2D eigenvalue weighted by atomic mass is 35.5. The monoisotopic (exact) mass is 319 g/mol. The first-order chi connectivity index (χ1) is 9.41. The van der Waals surface area contributed by atoms with E-state index in [4.69, 9.17) is 33.0 Å². The van der Waals surface area contributed by atoms with Gasteiger partial charge in [0.05, 0.1) is 11.6 Å². The van der Waals surface area contributed by atoms with Crippen molar-refractivity contribution in [1.82, 2.24) is 5.32 Å². The topological polar surface area (TPSA) is 75.6 Å². The number of ether oxygens (including phenoxy) is 1. The van der Waals surface area contributed by atoms with Crippen molar-refractivity contribution in [3.05, 3.63) is 28.2 Å². The molecule has 0 aromatic heterocycles. The van der Waals surface area contributed by atoms with E-state index < -0.39 is 12.0 Å². The van der Waals surface area contributed by atoms with Gasteiger partial charge in [-0.3, -0.25) is 9.59 Å². The minimum atomic E-state index is -1.07. The minimum absolute atomic E-state index is 0.176. The van der Waals surface area contributed by atoms with Crippen molar-refractivity contribution < 1.29 is 19.4 Å². The largest absolute Gasteiger partial charge is 0.492 e. The number of halogens is 2. The zero-order chi connectivity index (χ0) is 15.1. The second-order valence-corrected chi connectivity index (χ2v) is 4.92. The average molecular weight is 320 g/mol. The van der Waals surface area contributed by atoms with E-state index in [1.165, 1.54) is 6.92 Å². The van der Waals surface area contributed by atoms with Crippen LogP contribution in [0.4, 0.5) is 0 Å².